The minimum Gasteiger partial charge on any atom is -0.0596 e. The highest BCUT2D eigenvalue weighted by molar-refractivity contribution is 5.12. The first-order chi connectivity index (χ1) is 5.34. The van der Waals surface area contributed by atoms with Gasteiger partial charge in [0.2, 0.25) is 0 Å². The lowest BCUT2D eigenvalue weighted by atomic mass is 9.59. The molecule has 0 N–H and O–H groups in total. The second kappa shape index (κ2) is 3.05. The highest BCUT2D eigenvalue weighted by atomic mass is 14.4. The Morgan fingerprint density at radius 2 is 1.67 bits per heavy atom. The number of hydrogen-bond acceptors (Lipinski definition) is 0. The van der Waals surface area contributed by atoms with Gasteiger partial charge in [-0.05, 0) is 29.6 Å². The van der Waals surface area contributed by atoms with Crippen LogP contribution in [0.25, 0.3) is 0 Å². The fraction of sp³-hybridized carbons (Fsp3) is 0.917. The van der Waals surface area contributed by atoms with Crippen LogP contribution in [0.5, 0.6) is 0 Å². The molecule has 1 aliphatic carbocycles. The molecule has 0 aliphatic heterocycles. The molecule has 0 spiro atoms. The first kappa shape index (κ1) is 10.1. The Hall–Kier alpha value is 0. The molecule has 1 radical (unpaired) electrons. The Balaban J connectivity index is 2.73. The zero-order valence-electron chi connectivity index (χ0n) is 9.33. The Morgan fingerprint density at radius 1 is 1.08 bits per heavy atom. The van der Waals surface area contributed by atoms with Crippen molar-refractivity contribution in [3.8, 4) is 0 Å². The van der Waals surface area contributed by atoms with E-state index in [4.69, 9.17) is 0 Å². The molecule has 1 rings (SSSR count). The van der Waals surface area contributed by atoms with E-state index < -0.39 is 0 Å². The molecule has 0 aromatic rings. The maximum Gasteiger partial charge on any atom is -0.0131 e. The van der Waals surface area contributed by atoms with Crippen molar-refractivity contribution in [3.63, 3.8) is 0 Å². The summed E-state index contributed by atoms with van der Waals surface area (Å²) in [7, 11) is 0. The number of rotatable bonds is 0. The lowest BCUT2D eigenvalue weighted by Gasteiger charge is -2.45. The quantitative estimate of drug-likeness (QED) is 0.507. The van der Waals surface area contributed by atoms with Gasteiger partial charge in [0, 0.05) is 0 Å². The van der Waals surface area contributed by atoms with Crippen LogP contribution in [0.1, 0.15) is 60.3 Å². The van der Waals surface area contributed by atoms with E-state index in [-0.39, 0.29) is 0 Å². The van der Waals surface area contributed by atoms with Gasteiger partial charge in [-0.2, -0.15) is 0 Å². The molecule has 1 fully saturated rings. The molecule has 0 heteroatoms. The fourth-order valence-electron chi connectivity index (χ4n) is 2.75. The molecular formula is C12H23. The van der Waals surface area contributed by atoms with Crippen LogP contribution in [0.2, 0.25) is 0 Å². The first-order valence-electron chi connectivity index (χ1n) is 5.21. The molecule has 0 saturated heterocycles. The smallest absolute Gasteiger partial charge is 0.0131 e. The zero-order valence-corrected chi connectivity index (χ0v) is 9.33. The van der Waals surface area contributed by atoms with Gasteiger partial charge in [0.1, 0.15) is 0 Å². The third kappa shape index (κ3) is 2.02. The lowest BCUT2D eigenvalue weighted by molar-refractivity contribution is 0.191. The largest absolute Gasteiger partial charge is 0.0596 e. The van der Waals surface area contributed by atoms with E-state index in [9.17, 15) is 0 Å². The summed E-state index contributed by atoms with van der Waals surface area (Å²) < 4.78 is 0. The highest BCUT2D eigenvalue weighted by Crippen LogP contribution is 2.50. The van der Waals surface area contributed by atoms with Crippen molar-refractivity contribution < 1.29 is 0 Å². The van der Waals surface area contributed by atoms with Crippen molar-refractivity contribution in [1.82, 2.24) is 0 Å². The summed E-state index contributed by atoms with van der Waals surface area (Å²) >= 11 is 0. The van der Waals surface area contributed by atoms with E-state index in [1.807, 2.05) is 0 Å². The van der Waals surface area contributed by atoms with Crippen LogP contribution in [-0.4, -0.2) is 0 Å². The van der Waals surface area contributed by atoms with Gasteiger partial charge in [-0.25, -0.2) is 0 Å². The van der Waals surface area contributed by atoms with E-state index in [0.29, 0.717) is 10.8 Å². The summed E-state index contributed by atoms with van der Waals surface area (Å²) in [6, 6.07) is 0. The lowest BCUT2D eigenvalue weighted by Crippen LogP contribution is -2.35. The third-order valence-electron chi connectivity index (χ3n) is 3.20. The molecule has 0 unspecified atom stereocenters. The Labute approximate surface area is 77.7 Å². The van der Waals surface area contributed by atoms with Crippen LogP contribution in [0.4, 0.5) is 0 Å². The predicted octanol–water partition coefficient (Wildman–Crippen LogP) is 4.21. The molecule has 0 bridgehead atoms. The van der Waals surface area contributed by atoms with Crippen molar-refractivity contribution in [1.29, 1.82) is 0 Å². The summed E-state index contributed by atoms with van der Waals surface area (Å²) in [5, 5.41) is 0. The van der Waals surface area contributed by atoms with Crippen LogP contribution in [-0.2, 0) is 0 Å². The van der Waals surface area contributed by atoms with Gasteiger partial charge in [-0.1, -0.05) is 47.5 Å². The van der Waals surface area contributed by atoms with Crippen LogP contribution in [0.3, 0.4) is 0 Å². The number of hydrogen-bond donors (Lipinski definition) is 0. The van der Waals surface area contributed by atoms with Crippen molar-refractivity contribution in [3.05, 3.63) is 5.92 Å². The first-order valence-corrected chi connectivity index (χ1v) is 5.21. The van der Waals surface area contributed by atoms with Crippen molar-refractivity contribution in [2.75, 3.05) is 0 Å². The Bertz CT molecular complexity index is 148. The van der Waals surface area contributed by atoms with Crippen LogP contribution >= 0.6 is 0 Å². The molecule has 0 atom stereocenters. The SMILES string of the molecule is CC(C)(C)[C]1CCCCC1(C)C. The van der Waals surface area contributed by atoms with Gasteiger partial charge in [-0.3, -0.25) is 0 Å². The minimum atomic E-state index is 0.421. The van der Waals surface area contributed by atoms with E-state index in [1.165, 1.54) is 25.7 Å². The molecule has 12 heavy (non-hydrogen) atoms. The van der Waals surface area contributed by atoms with Crippen LogP contribution in [0, 0.1) is 16.7 Å². The van der Waals surface area contributed by atoms with Gasteiger partial charge in [0.15, 0.2) is 0 Å². The molecule has 0 heterocycles. The summed E-state index contributed by atoms with van der Waals surface area (Å²) in [6.07, 6.45) is 5.58. The Morgan fingerprint density at radius 3 is 2.00 bits per heavy atom. The second-order valence-electron chi connectivity index (χ2n) is 5.82. The van der Waals surface area contributed by atoms with Crippen molar-refractivity contribution in [2.24, 2.45) is 10.8 Å². The minimum absolute atomic E-state index is 0.421. The summed E-state index contributed by atoms with van der Waals surface area (Å²) in [5.74, 6) is 1.78. The van der Waals surface area contributed by atoms with Gasteiger partial charge in [-0.15, -0.1) is 0 Å². The molecule has 0 aromatic heterocycles. The highest BCUT2D eigenvalue weighted by Gasteiger charge is 2.39. The molecule has 0 amide bonds. The van der Waals surface area contributed by atoms with E-state index in [0.717, 1.165) is 0 Å². The van der Waals surface area contributed by atoms with Crippen LogP contribution < -0.4 is 0 Å². The average molecular weight is 167 g/mol. The fourth-order valence-corrected chi connectivity index (χ4v) is 2.75. The third-order valence-corrected chi connectivity index (χ3v) is 3.20. The normalized spacial score (nSPS) is 25.8. The van der Waals surface area contributed by atoms with Gasteiger partial charge >= 0.3 is 0 Å². The van der Waals surface area contributed by atoms with Crippen molar-refractivity contribution in [2.45, 2.75) is 60.3 Å². The van der Waals surface area contributed by atoms with Gasteiger partial charge in [0.05, 0.1) is 0 Å². The second-order valence-corrected chi connectivity index (χ2v) is 5.82. The zero-order chi connectivity index (χ0) is 9.41. The standard InChI is InChI=1S/C12H23/c1-11(2,3)10-8-6-7-9-12(10,4)5/h6-9H2,1-5H3. The van der Waals surface area contributed by atoms with Gasteiger partial charge in [0.25, 0.3) is 0 Å². The maximum absolute atomic E-state index is 2.41. The van der Waals surface area contributed by atoms with Crippen molar-refractivity contribution >= 4 is 0 Å². The molecule has 0 nitrogen and oxygen atoms in total. The predicted molar refractivity (Wildman–Crippen MR) is 54.9 cm³/mol. The van der Waals surface area contributed by atoms with Gasteiger partial charge < -0.3 is 0 Å². The van der Waals surface area contributed by atoms with E-state index >= 15 is 0 Å². The molecule has 1 saturated carbocycles. The Kier molecular flexibility index (Phi) is 2.56. The van der Waals surface area contributed by atoms with E-state index in [2.05, 4.69) is 34.6 Å². The molecule has 71 valence electrons. The monoisotopic (exact) mass is 167 g/mol. The molecule has 0 aromatic carbocycles. The topological polar surface area (TPSA) is 0 Å². The van der Waals surface area contributed by atoms with E-state index in [1.54, 1.807) is 5.92 Å². The molecule has 1 aliphatic rings. The maximum atomic E-state index is 2.41. The summed E-state index contributed by atoms with van der Waals surface area (Å²) in [5.41, 5.74) is 0.917. The summed E-state index contributed by atoms with van der Waals surface area (Å²) in [6.45, 7) is 11.9. The average Bonchev–Trinajstić information content (AvgIpc) is 1.83. The molecular weight excluding hydrogens is 144 g/mol. The van der Waals surface area contributed by atoms with Crippen LogP contribution in [0.15, 0.2) is 0 Å². The summed E-state index contributed by atoms with van der Waals surface area (Å²) in [4.78, 5) is 0.